The summed E-state index contributed by atoms with van der Waals surface area (Å²) in [4.78, 5) is 32.4. The molecular weight excluding hydrogens is 342 g/mol. The Morgan fingerprint density at radius 3 is 2.41 bits per heavy atom. The van der Waals surface area contributed by atoms with E-state index in [1.807, 2.05) is 36.1 Å². The van der Waals surface area contributed by atoms with Crippen molar-refractivity contribution in [2.24, 2.45) is 0 Å². The molecule has 6 heteroatoms. The van der Waals surface area contributed by atoms with Gasteiger partial charge in [-0.3, -0.25) is 14.6 Å². The molecule has 0 radical (unpaired) electrons. The number of rotatable bonds is 6. The minimum absolute atomic E-state index is 0.0262. The van der Waals surface area contributed by atoms with Gasteiger partial charge in [-0.1, -0.05) is 17.7 Å². The van der Waals surface area contributed by atoms with Crippen molar-refractivity contribution in [2.75, 3.05) is 32.8 Å². The van der Waals surface area contributed by atoms with Gasteiger partial charge in [-0.05, 0) is 37.6 Å². The maximum absolute atomic E-state index is 12.4. The van der Waals surface area contributed by atoms with Gasteiger partial charge in [0.15, 0.2) is 0 Å². The van der Waals surface area contributed by atoms with Crippen LogP contribution < -0.4 is 4.74 Å². The van der Waals surface area contributed by atoms with Crippen LogP contribution in [0.4, 0.5) is 0 Å². The first-order chi connectivity index (χ1) is 13.1. The van der Waals surface area contributed by atoms with Gasteiger partial charge in [-0.2, -0.15) is 0 Å². The van der Waals surface area contributed by atoms with E-state index in [4.69, 9.17) is 4.74 Å². The van der Waals surface area contributed by atoms with E-state index in [2.05, 4.69) is 4.98 Å². The molecule has 142 valence electrons. The highest BCUT2D eigenvalue weighted by Gasteiger charge is 2.24. The third-order valence-electron chi connectivity index (χ3n) is 4.65. The van der Waals surface area contributed by atoms with E-state index in [1.54, 1.807) is 29.4 Å². The molecule has 1 saturated heterocycles. The number of carbonyl (C=O) groups excluding carboxylic acids is 2. The molecule has 1 aliphatic rings. The summed E-state index contributed by atoms with van der Waals surface area (Å²) in [6.45, 7) is 4.81. The highest BCUT2D eigenvalue weighted by Crippen LogP contribution is 2.13. The number of piperazine rings is 1. The molecule has 0 N–H and O–H groups in total. The number of benzene rings is 1. The van der Waals surface area contributed by atoms with Crippen LogP contribution in [0.3, 0.4) is 0 Å². The number of hydrogen-bond donors (Lipinski definition) is 0. The molecule has 0 spiro atoms. The molecule has 0 aliphatic carbocycles. The molecule has 0 bridgehead atoms. The lowest BCUT2D eigenvalue weighted by molar-refractivity contribution is -0.132. The lowest BCUT2D eigenvalue weighted by Crippen LogP contribution is -2.50. The van der Waals surface area contributed by atoms with E-state index in [9.17, 15) is 9.59 Å². The van der Waals surface area contributed by atoms with Crippen LogP contribution in [0.15, 0.2) is 48.8 Å². The lowest BCUT2D eigenvalue weighted by atomic mass is 10.2. The maximum Gasteiger partial charge on any atom is 0.255 e. The second-order valence-electron chi connectivity index (χ2n) is 6.68. The van der Waals surface area contributed by atoms with Crippen molar-refractivity contribution in [1.82, 2.24) is 14.8 Å². The van der Waals surface area contributed by atoms with Crippen molar-refractivity contribution < 1.29 is 14.3 Å². The Kier molecular flexibility index (Phi) is 6.41. The molecule has 0 unspecified atom stereocenters. The monoisotopic (exact) mass is 367 g/mol. The summed E-state index contributed by atoms with van der Waals surface area (Å²) >= 11 is 0. The van der Waals surface area contributed by atoms with Gasteiger partial charge in [0.05, 0.1) is 12.2 Å². The second-order valence-corrected chi connectivity index (χ2v) is 6.68. The van der Waals surface area contributed by atoms with Gasteiger partial charge in [0.2, 0.25) is 5.91 Å². The van der Waals surface area contributed by atoms with Crippen molar-refractivity contribution in [3.63, 3.8) is 0 Å². The summed E-state index contributed by atoms with van der Waals surface area (Å²) in [5.74, 6) is 0.924. The minimum Gasteiger partial charge on any atom is -0.494 e. The fraction of sp³-hybridized carbons (Fsp3) is 0.381. The van der Waals surface area contributed by atoms with E-state index < -0.39 is 0 Å². The molecule has 0 saturated carbocycles. The number of nitrogens with zero attached hydrogens (tertiary/aromatic N) is 3. The first-order valence-corrected chi connectivity index (χ1v) is 9.30. The Balaban J connectivity index is 1.37. The summed E-state index contributed by atoms with van der Waals surface area (Å²) < 4.78 is 5.67. The van der Waals surface area contributed by atoms with Crippen LogP contribution >= 0.6 is 0 Å². The Hall–Kier alpha value is -2.89. The Morgan fingerprint density at radius 2 is 1.74 bits per heavy atom. The third kappa shape index (κ3) is 5.29. The summed E-state index contributed by atoms with van der Waals surface area (Å²) in [5, 5.41) is 0. The van der Waals surface area contributed by atoms with Crippen LogP contribution in [0.1, 0.15) is 28.8 Å². The highest BCUT2D eigenvalue weighted by molar-refractivity contribution is 5.94. The van der Waals surface area contributed by atoms with Gasteiger partial charge in [-0.15, -0.1) is 0 Å². The largest absolute Gasteiger partial charge is 0.494 e. The van der Waals surface area contributed by atoms with Gasteiger partial charge in [-0.25, -0.2) is 0 Å². The molecule has 1 fully saturated rings. The summed E-state index contributed by atoms with van der Waals surface area (Å²) in [7, 11) is 0. The molecule has 27 heavy (non-hydrogen) atoms. The second kappa shape index (κ2) is 9.16. The lowest BCUT2D eigenvalue weighted by Gasteiger charge is -2.34. The van der Waals surface area contributed by atoms with Gasteiger partial charge < -0.3 is 14.5 Å². The molecule has 1 aromatic carbocycles. The normalized spacial score (nSPS) is 14.1. The molecule has 3 rings (SSSR count). The number of aryl methyl sites for hydroxylation is 1. The Morgan fingerprint density at radius 1 is 1.04 bits per heavy atom. The average molecular weight is 367 g/mol. The third-order valence-corrected chi connectivity index (χ3v) is 4.65. The zero-order chi connectivity index (χ0) is 19.1. The Bertz CT molecular complexity index is 754. The van der Waals surface area contributed by atoms with Crippen LogP contribution in [0.5, 0.6) is 5.75 Å². The zero-order valence-corrected chi connectivity index (χ0v) is 15.6. The first-order valence-electron chi connectivity index (χ1n) is 9.30. The first kappa shape index (κ1) is 18.9. The zero-order valence-electron chi connectivity index (χ0n) is 15.6. The SMILES string of the molecule is Cc1ccc(OCCCC(=O)N2CCN(C(=O)c3cccnc3)CC2)cc1. The van der Waals surface area contributed by atoms with Gasteiger partial charge in [0.1, 0.15) is 5.75 Å². The van der Waals surface area contributed by atoms with E-state index in [0.29, 0.717) is 51.2 Å². The van der Waals surface area contributed by atoms with Crippen LogP contribution in [-0.4, -0.2) is 59.4 Å². The van der Waals surface area contributed by atoms with Crippen LogP contribution in [0.25, 0.3) is 0 Å². The van der Waals surface area contributed by atoms with Crippen molar-refractivity contribution in [1.29, 1.82) is 0 Å². The predicted octanol–water partition coefficient (Wildman–Crippen LogP) is 2.53. The van der Waals surface area contributed by atoms with E-state index in [-0.39, 0.29) is 11.8 Å². The number of amides is 2. The fourth-order valence-corrected chi connectivity index (χ4v) is 3.04. The van der Waals surface area contributed by atoms with Crippen molar-refractivity contribution in [3.05, 3.63) is 59.9 Å². The summed E-state index contributed by atoms with van der Waals surface area (Å²) in [6.07, 6.45) is 4.37. The van der Waals surface area contributed by atoms with Crippen LogP contribution in [0, 0.1) is 6.92 Å². The molecule has 2 amide bonds. The number of aromatic nitrogens is 1. The smallest absolute Gasteiger partial charge is 0.255 e. The molecular formula is C21H25N3O3. The molecule has 1 aliphatic heterocycles. The number of pyridine rings is 1. The van der Waals surface area contributed by atoms with Crippen molar-refractivity contribution >= 4 is 11.8 Å². The molecule has 1 aromatic heterocycles. The average Bonchev–Trinajstić information content (AvgIpc) is 2.72. The number of hydrogen-bond acceptors (Lipinski definition) is 4. The topological polar surface area (TPSA) is 62.7 Å². The number of carbonyl (C=O) groups is 2. The molecule has 2 heterocycles. The summed E-state index contributed by atoms with van der Waals surface area (Å²) in [6, 6.07) is 11.4. The van der Waals surface area contributed by atoms with E-state index in [1.165, 1.54) is 5.56 Å². The fourth-order valence-electron chi connectivity index (χ4n) is 3.04. The van der Waals surface area contributed by atoms with Gasteiger partial charge in [0, 0.05) is 45.0 Å². The predicted molar refractivity (Wildman–Crippen MR) is 103 cm³/mol. The summed E-state index contributed by atoms with van der Waals surface area (Å²) in [5.41, 5.74) is 1.78. The number of ether oxygens (including phenoxy) is 1. The van der Waals surface area contributed by atoms with E-state index in [0.717, 1.165) is 5.75 Å². The highest BCUT2D eigenvalue weighted by atomic mass is 16.5. The molecule has 0 atom stereocenters. The Labute approximate surface area is 159 Å². The molecule has 6 nitrogen and oxygen atoms in total. The van der Waals surface area contributed by atoms with Gasteiger partial charge >= 0.3 is 0 Å². The van der Waals surface area contributed by atoms with Crippen LogP contribution in [-0.2, 0) is 4.79 Å². The van der Waals surface area contributed by atoms with E-state index >= 15 is 0 Å². The maximum atomic E-state index is 12.4. The minimum atomic E-state index is -0.0262. The van der Waals surface area contributed by atoms with Crippen molar-refractivity contribution in [2.45, 2.75) is 19.8 Å². The quantitative estimate of drug-likeness (QED) is 0.736. The van der Waals surface area contributed by atoms with Crippen LogP contribution in [0.2, 0.25) is 0 Å². The van der Waals surface area contributed by atoms with Gasteiger partial charge in [0.25, 0.3) is 5.91 Å². The molecule has 2 aromatic rings. The van der Waals surface area contributed by atoms with Crippen molar-refractivity contribution in [3.8, 4) is 5.75 Å². The standard InChI is InChI=1S/C21H25N3O3/c1-17-6-8-19(9-7-17)27-15-3-5-20(25)23-11-13-24(14-12-23)21(26)18-4-2-10-22-16-18/h2,4,6-10,16H,3,5,11-15H2,1H3.